The molecule has 0 radical (unpaired) electrons. The molecule has 1 aliphatic carbocycles. The second-order valence-electron chi connectivity index (χ2n) is 5.54. The fourth-order valence-corrected chi connectivity index (χ4v) is 5.29. The van der Waals surface area contributed by atoms with E-state index < -0.39 is 10.0 Å². The lowest BCUT2D eigenvalue weighted by molar-refractivity contribution is 0.357. The van der Waals surface area contributed by atoms with E-state index in [1.54, 1.807) is 0 Å². The van der Waals surface area contributed by atoms with E-state index in [0.29, 0.717) is 16.9 Å². The molecule has 1 N–H and O–H groups in total. The van der Waals surface area contributed by atoms with Crippen molar-refractivity contribution in [3.05, 3.63) is 26.7 Å². The minimum absolute atomic E-state index is 0.0522. The highest BCUT2D eigenvalue weighted by atomic mass is 79.9. The molecule has 1 saturated carbocycles. The second kappa shape index (κ2) is 5.76. The Labute approximate surface area is 138 Å². The standard InChI is InChI=1S/C13H16BrCl2NO2S/c1-8(2)13(3-4-13)7-17-20(18,19)12-10(15)5-9(14)6-11(12)16/h5-6,8,17H,3-4,7H2,1-2H3. The summed E-state index contributed by atoms with van der Waals surface area (Å²) in [7, 11) is -3.70. The van der Waals surface area contributed by atoms with Crippen molar-refractivity contribution in [3.8, 4) is 0 Å². The van der Waals surface area contributed by atoms with Crippen molar-refractivity contribution < 1.29 is 8.42 Å². The third kappa shape index (κ3) is 3.33. The Hall–Kier alpha value is 0.190. The number of hydrogen-bond donors (Lipinski definition) is 1. The number of sulfonamides is 1. The summed E-state index contributed by atoms with van der Waals surface area (Å²) in [4.78, 5) is -0.0522. The molecule has 0 aliphatic heterocycles. The first kappa shape index (κ1) is 16.6. The summed E-state index contributed by atoms with van der Waals surface area (Å²) < 4.78 is 28.1. The van der Waals surface area contributed by atoms with Crippen LogP contribution in [0.4, 0.5) is 0 Å². The van der Waals surface area contributed by atoms with Crippen molar-refractivity contribution in [2.24, 2.45) is 11.3 Å². The van der Waals surface area contributed by atoms with Crippen LogP contribution < -0.4 is 4.72 Å². The van der Waals surface area contributed by atoms with Crippen LogP contribution in [-0.2, 0) is 10.0 Å². The van der Waals surface area contributed by atoms with Gasteiger partial charge < -0.3 is 0 Å². The summed E-state index contributed by atoms with van der Waals surface area (Å²) >= 11 is 15.3. The number of benzene rings is 1. The topological polar surface area (TPSA) is 46.2 Å². The van der Waals surface area contributed by atoms with Crippen LogP contribution in [0.15, 0.2) is 21.5 Å². The number of rotatable bonds is 5. The molecule has 0 saturated heterocycles. The van der Waals surface area contributed by atoms with Crippen LogP contribution in [0, 0.1) is 11.3 Å². The zero-order valence-electron chi connectivity index (χ0n) is 11.2. The van der Waals surface area contributed by atoms with Gasteiger partial charge in [-0.15, -0.1) is 0 Å². The molecule has 0 unspecified atom stereocenters. The van der Waals surface area contributed by atoms with E-state index in [2.05, 4.69) is 34.5 Å². The molecule has 0 spiro atoms. The van der Waals surface area contributed by atoms with E-state index in [4.69, 9.17) is 23.2 Å². The fourth-order valence-electron chi connectivity index (χ4n) is 2.22. The molecule has 3 nitrogen and oxygen atoms in total. The molecule has 0 amide bonds. The Kier molecular flexibility index (Phi) is 4.77. The van der Waals surface area contributed by atoms with E-state index in [1.165, 1.54) is 12.1 Å². The Morgan fingerprint density at radius 3 is 2.20 bits per heavy atom. The van der Waals surface area contributed by atoms with E-state index in [9.17, 15) is 8.42 Å². The molecule has 20 heavy (non-hydrogen) atoms. The van der Waals surface area contributed by atoms with Crippen LogP contribution in [0.25, 0.3) is 0 Å². The fraction of sp³-hybridized carbons (Fsp3) is 0.538. The smallest absolute Gasteiger partial charge is 0.210 e. The van der Waals surface area contributed by atoms with Crippen molar-refractivity contribution in [3.63, 3.8) is 0 Å². The first-order chi connectivity index (χ1) is 9.18. The van der Waals surface area contributed by atoms with Gasteiger partial charge in [-0.1, -0.05) is 53.0 Å². The molecular formula is C13H16BrCl2NO2S. The van der Waals surface area contributed by atoms with Gasteiger partial charge in [0.2, 0.25) is 10.0 Å². The van der Waals surface area contributed by atoms with Gasteiger partial charge in [0, 0.05) is 11.0 Å². The maximum atomic E-state index is 12.4. The van der Waals surface area contributed by atoms with Crippen LogP contribution in [-0.4, -0.2) is 15.0 Å². The summed E-state index contributed by atoms with van der Waals surface area (Å²) in [6.45, 7) is 4.65. The van der Waals surface area contributed by atoms with Gasteiger partial charge >= 0.3 is 0 Å². The number of hydrogen-bond acceptors (Lipinski definition) is 2. The predicted molar refractivity (Wildman–Crippen MR) is 85.9 cm³/mol. The third-order valence-corrected chi connectivity index (χ3v) is 6.74. The number of halogens is 3. The zero-order chi connectivity index (χ0) is 15.1. The van der Waals surface area contributed by atoms with Gasteiger partial charge in [-0.05, 0) is 36.3 Å². The molecular weight excluding hydrogens is 385 g/mol. The van der Waals surface area contributed by atoms with E-state index in [-0.39, 0.29) is 20.4 Å². The molecule has 1 aromatic carbocycles. The minimum atomic E-state index is -3.70. The van der Waals surface area contributed by atoms with E-state index >= 15 is 0 Å². The SMILES string of the molecule is CC(C)C1(CNS(=O)(=O)c2c(Cl)cc(Br)cc2Cl)CC1. The molecule has 0 bridgehead atoms. The van der Waals surface area contributed by atoms with Crippen molar-refractivity contribution >= 4 is 49.2 Å². The van der Waals surface area contributed by atoms with Crippen LogP contribution in [0.2, 0.25) is 10.0 Å². The lowest BCUT2D eigenvalue weighted by Gasteiger charge is -2.20. The molecule has 0 atom stereocenters. The molecule has 1 aliphatic rings. The van der Waals surface area contributed by atoms with Gasteiger partial charge in [0.15, 0.2) is 0 Å². The Morgan fingerprint density at radius 1 is 1.30 bits per heavy atom. The molecule has 7 heteroatoms. The Morgan fingerprint density at radius 2 is 1.80 bits per heavy atom. The van der Waals surface area contributed by atoms with Crippen molar-refractivity contribution in [1.29, 1.82) is 0 Å². The quantitative estimate of drug-likeness (QED) is 0.792. The summed E-state index contributed by atoms with van der Waals surface area (Å²) in [5, 5.41) is 0.234. The summed E-state index contributed by atoms with van der Waals surface area (Å²) in [5.41, 5.74) is 0.0847. The third-order valence-electron chi connectivity index (χ3n) is 3.96. The van der Waals surface area contributed by atoms with Crippen LogP contribution in [0.1, 0.15) is 26.7 Å². The van der Waals surface area contributed by atoms with E-state index in [0.717, 1.165) is 12.8 Å². The monoisotopic (exact) mass is 399 g/mol. The molecule has 2 rings (SSSR count). The molecule has 112 valence electrons. The van der Waals surface area contributed by atoms with E-state index in [1.807, 2.05) is 0 Å². The maximum Gasteiger partial charge on any atom is 0.243 e. The molecule has 1 fully saturated rings. The van der Waals surface area contributed by atoms with Crippen molar-refractivity contribution in [1.82, 2.24) is 4.72 Å². The Balaban J connectivity index is 2.24. The van der Waals surface area contributed by atoms with Crippen LogP contribution in [0.5, 0.6) is 0 Å². The van der Waals surface area contributed by atoms with Gasteiger partial charge in [0.1, 0.15) is 4.90 Å². The molecule has 0 aromatic heterocycles. The minimum Gasteiger partial charge on any atom is -0.210 e. The van der Waals surface area contributed by atoms with Crippen LogP contribution >= 0.6 is 39.1 Å². The van der Waals surface area contributed by atoms with Crippen molar-refractivity contribution in [2.75, 3.05) is 6.54 Å². The first-order valence-electron chi connectivity index (χ1n) is 6.32. The second-order valence-corrected chi connectivity index (χ2v) is 8.97. The van der Waals surface area contributed by atoms with Gasteiger partial charge in [0.05, 0.1) is 10.0 Å². The highest BCUT2D eigenvalue weighted by molar-refractivity contribution is 9.10. The predicted octanol–water partition coefficient (Wildman–Crippen LogP) is 4.47. The normalized spacial score (nSPS) is 17.5. The summed E-state index contributed by atoms with van der Waals surface area (Å²) in [6, 6.07) is 3.05. The van der Waals surface area contributed by atoms with Crippen molar-refractivity contribution in [2.45, 2.75) is 31.6 Å². The van der Waals surface area contributed by atoms with Crippen LogP contribution in [0.3, 0.4) is 0 Å². The summed E-state index contributed by atoms with van der Waals surface area (Å²) in [5.74, 6) is 0.445. The average molecular weight is 401 g/mol. The summed E-state index contributed by atoms with van der Waals surface area (Å²) in [6.07, 6.45) is 2.10. The highest BCUT2D eigenvalue weighted by Gasteiger charge is 2.45. The molecule has 1 aromatic rings. The van der Waals surface area contributed by atoms with Gasteiger partial charge in [-0.25, -0.2) is 13.1 Å². The average Bonchev–Trinajstić information content (AvgIpc) is 3.05. The molecule has 0 heterocycles. The maximum absolute atomic E-state index is 12.4. The Bertz CT molecular complexity index is 604. The first-order valence-corrected chi connectivity index (χ1v) is 9.35. The van der Waals surface area contributed by atoms with Gasteiger partial charge in [-0.3, -0.25) is 0 Å². The van der Waals surface area contributed by atoms with Gasteiger partial charge in [-0.2, -0.15) is 0 Å². The zero-order valence-corrected chi connectivity index (χ0v) is 15.1. The lowest BCUT2D eigenvalue weighted by Crippen LogP contribution is -2.33. The van der Waals surface area contributed by atoms with Gasteiger partial charge in [0.25, 0.3) is 0 Å². The largest absolute Gasteiger partial charge is 0.243 e. The lowest BCUT2D eigenvalue weighted by atomic mass is 9.93. The number of nitrogens with one attached hydrogen (secondary N) is 1. The highest BCUT2D eigenvalue weighted by Crippen LogP contribution is 2.51.